The van der Waals surface area contributed by atoms with Crippen molar-refractivity contribution in [3.8, 4) is 5.75 Å². The molecule has 0 aliphatic heterocycles. The molecule has 0 atom stereocenters. The van der Waals surface area contributed by atoms with E-state index in [-0.39, 0.29) is 0 Å². The van der Waals surface area contributed by atoms with Gasteiger partial charge in [0, 0.05) is 12.2 Å². The van der Waals surface area contributed by atoms with Crippen molar-refractivity contribution in [3.05, 3.63) is 65.9 Å². The van der Waals surface area contributed by atoms with Crippen LogP contribution >= 0.6 is 0 Å². The van der Waals surface area contributed by atoms with Gasteiger partial charge in [-0.2, -0.15) is 10.1 Å². The molecule has 2 N–H and O–H groups in total. The molecule has 6 nitrogen and oxygen atoms in total. The van der Waals surface area contributed by atoms with Gasteiger partial charge < -0.3 is 15.4 Å². The van der Waals surface area contributed by atoms with Crippen molar-refractivity contribution in [3.63, 3.8) is 0 Å². The topological polar surface area (TPSA) is 72.0 Å². The lowest BCUT2D eigenvalue weighted by molar-refractivity contribution is 0.414. The minimum Gasteiger partial charge on any atom is -0.497 e. The number of ether oxygens (including phenoxy) is 1. The summed E-state index contributed by atoms with van der Waals surface area (Å²) < 4.78 is 5.18. The van der Waals surface area contributed by atoms with Crippen molar-refractivity contribution in [1.82, 2.24) is 15.2 Å². The van der Waals surface area contributed by atoms with E-state index in [4.69, 9.17) is 4.74 Å². The van der Waals surface area contributed by atoms with Gasteiger partial charge in [0.2, 0.25) is 5.95 Å². The van der Waals surface area contributed by atoms with Crippen LogP contribution in [-0.4, -0.2) is 28.8 Å². The molecule has 0 saturated carbocycles. The third-order valence-corrected chi connectivity index (χ3v) is 4.26. The molecule has 0 aliphatic carbocycles. The molecule has 0 bridgehead atoms. The molecule has 0 fully saturated rings. The summed E-state index contributed by atoms with van der Waals surface area (Å²) in [6.45, 7) is 5.07. The Hall–Kier alpha value is -3.15. The summed E-state index contributed by atoms with van der Waals surface area (Å²) in [6, 6.07) is 16.3. The molecule has 6 heteroatoms. The normalized spacial score (nSPS) is 10.7. The first-order valence-corrected chi connectivity index (χ1v) is 9.08. The first-order valence-electron chi connectivity index (χ1n) is 9.08. The molecule has 3 aromatic rings. The second kappa shape index (κ2) is 8.98. The van der Waals surface area contributed by atoms with E-state index in [1.165, 1.54) is 11.1 Å². The molecule has 27 heavy (non-hydrogen) atoms. The Bertz CT molecular complexity index is 864. The SMILES string of the molecule is COc1ccc(CCNc2nncc(Nc3ccccc3C(C)C)n2)cc1. The van der Waals surface area contributed by atoms with E-state index in [1.54, 1.807) is 13.3 Å². The fourth-order valence-corrected chi connectivity index (χ4v) is 2.80. The maximum Gasteiger partial charge on any atom is 0.244 e. The molecule has 1 aromatic heterocycles. The zero-order valence-electron chi connectivity index (χ0n) is 15.9. The van der Waals surface area contributed by atoms with Crippen molar-refractivity contribution in [2.75, 3.05) is 24.3 Å². The molecular weight excluding hydrogens is 338 g/mol. The number of nitrogens with zero attached hydrogens (tertiary/aromatic N) is 3. The van der Waals surface area contributed by atoms with Crippen molar-refractivity contribution in [1.29, 1.82) is 0 Å². The van der Waals surface area contributed by atoms with Gasteiger partial charge in [0.1, 0.15) is 5.75 Å². The third-order valence-electron chi connectivity index (χ3n) is 4.26. The highest BCUT2D eigenvalue weighted by molar-refractivity contribution is 5.61. The Kier molecular flexibility index (Phi) is 6.20. The van der Waals surface area contributed by atoms with Crippen LogP contribution in [0, 0.1) is 0 Å². The van der Waals surface area contributed by atoms with Crippen LogP contribution in [0.5, 0.6) is 5.75 Å². The smallest absolute Gasteiger partial charge is 0.244 e. The molecule has 0 spiro atoms. The summed E-state index contributed by atoms with van der Waals surface area (Å²) in [5, 5.41) is 14.7. The summed E-state index contributed by atoms with van der Waals surface area (Å²) in [5.41, 5.74) is 3.50. The molecule has 3 rings (SSSR count). The van der Waals surface area contributed by atoms with Crippen LogP contribution in [0.1, 0.15) is 30.9 Å². The molecule has 0 unspecified atom stereocenters. The monoisotopic (exact) mass is 363 g/mol. The number of aromatic nitrogens is 3. The van der Waals surface area contributed by atoms with E-state index in [9.17, 15) is 0 Å². The lowest BCUT2D eigenvalue weighted by Crippen LogP contribution is -2.10. The van der Waals surface area contributed by atoms with E-state index in [2.05, 4.69) is 57.9 Å². The number of nitrogens with one attached hydrogen (secondary N) is 2. The molecular formula is C21H25N5O. The molecule has 0 radical (unpaired) electrons. The van der Waals surface area contributed by atoms with Gasteiger partial charge >= 0.3 is 0 Å². The van der Waals surface area contributed by atoms with Gasteiger partial charge in [-0.1, -0.05) is 44.2 Å². The molecule has 0 saturated heterocycles. The number of anilines is 3. The largest absolute Gasteiger partial charge is 0.497 e. The molecule has 1 heterocycles. The lowest BCUT2D eigenvalue weighted by Gasteiger charge is -2.14. The molecule has 0 aliphatic rings. The Morgan fingerprint density at radius 1 is 1.04 bits per heavy atom. The highest BCUT2D eigenvalue weighted by Gasteiger charge is 2.07. The summed E-state index contributed by atoms with van der Waals surface area (Å²) in [4.78, 5) is 4.51. The number of hydrogen-bond acceptors (Lipinski definition) is 6. The zero-order chi connectivity index (χ0) is 19.1. The minimum absolute atomic E-state index is 0.422. The maximum atomic E-state index is 5.18. The van der Waals surface area contributed by atoms with Crippen LogP contribution in [-0.2, 0) is 6.42 Å². The first kappa shape index (κ1) is 18.6. The quantitative estimate of drug-likeness (QED) is 0.618. The Morgan fingerprint density at radius 2 is 1.81 bits per heavy atom. The van der Waals surface area contributed by atoms with Gasteiger partial charge in [-0.05, 0) is 41.7 Å². The van der Waals surface area contributed by atoms with Crippen LogP contribution in [0.3, 0.4) is 0 Å². The van der Waals surface area contributed by atoms with Crippen molar-refractivity contribution < 1.29 is 4.74 Å². The average Bonchev–Trinajstić information content (AvgIpc) is 2.69. The van der Waals surface area contributed by atoms with Gasteiger partial charge in [0.25, 0.3) is 0 Å². The summed E-state index contributed by atoms with van der Waals surface area (Å²) in [7, 11) is 1.67. The first-order chi connectivity index (χ1) is 13.2. The second-order valence-corrected chi connectivity index (χ2v) is 6.56. The molecule has 140 valence electrons. The second-order valence-electron chi connectivity index (χ2n) is 6.56. The molecule has 2 aromatic carbocycles. The van der Waals surface area contributed by atoms with E-state index in [0.717, 1.165) is 24.4 Å². The fraction of sp³-hybridized carbons (Fsp3) is 0.286. The minimum atomic E-state index is 0.422. The van der Waals surface area contributed by atoms with Crippen LogP contribution < -0.4 is 15.4 Å². The summed E-state index contributed by atoms with van der Waals surface area (Å²) >= 11 is 0. The van der Waals surface area contributed by atoms with Crippen LogP contribution in [0.25, 0.3) is 0 Å². The number of methoxy groups -OCH3 is 1. The predicted molar refractivity (Wildman–Crippen MR) is 109 cm³/mol. The number of benzene rings is 2. The predicted octanol–water partition coefficient (Wildman–Crippen LogP) is 4.40. The van der Waals surface area contributed by atoms with Gasteiger partial charge in [-0.3, -0.25) is 0 Å². The Balaban J connectivity index is 1.60. The standard InChI is InChI=1S/C21H25N5O/c1-15(2)18-6-4-5-7-19(18)24-20-14-23-26-21(25-20)22-13-12-16-8-10-17(27-3)11-9-16/h4-11,14-15H,12-13H2,1-3H3,(H2,22,24,25,26). The number of para-hydroxylation sites is 1. The van der Waals surface area contributed by atoms with E-state index in [1.807, 2.05) is 30.3 Å². The third kappa shape index (κ3) is 5.17. The average molecular weight is 363 g/mol. The van der Waals surface area contributed by atoms with Gasteiger partial charge in [-0.15, -0.1) is 5.10 Å². The highest BCUT2D eigenvalue weighted by Crippen LogP contribution is 2.26. The van der Waals surface area contributed by atoms with E-state index >= 15 is 0 Å². The van der Waals surface area contributed by atoms with E-state index < -0.39 is 0 Å². The van der Waals surface area contributed by atoms with Crippen molar-refractivity contribution >= 4 is 17.5 Å². The highest BCUT2D eigenvalue weighted by atomic mass is 16.5. The zero-order valence-corrected chi connectivity index (χ0v) is 15.9. The van der Waals surface area contributed by atoms with Crippen molar-refractivity contribution in [2.45, 2.75) is 26.2 Å². The summed E-state index contributed by atoms with van der Waals surface area (Å²) in [6.07, 6.45) is 2.49. The summed E-state index contributed by atoms with van der Waals surface area (Å²) in [5.74, 6) is 2.46. The van der Waals surface area contributed by atoms with Crippen LogP contribution in [0.15, 0.2) is 54.7 Å². The van der Waals surface area contributed by atoms with E-state index in [0.29, 0.717) is 17.7 Å². The maximum absolute atomic E-state index is 5.18. The van der Waals surface area contributed by atoms with Gasteiger partial charge in [0.05, 0.1) is 13.3 Å². The number of hydrogen-bond donors (Lipinski definition) is 2. The van der Waals surface area contributed by atoms with Gasteiger partial charge in [0.15, 0.2) is 5.82 Å². The molecule has 0 amide bonds. The lowest BCUT2D eigenvalue weighted by atomic mass is 10.0. The Morgan fingerprint density at radius 3 is 2.56 bits per heavy atom. The van der Waals surface area contributed by atoms with Gasteiger partial charge in [-0.25, -0.2) is 0 Å². The number of rotatable bonds is 8. The fourth-order valence-electron chi connectivity index (χ4n) is 2.80. The van der Waals surface area contributed by atoms with Crippen molar-refractivity contribution in [2.24, 2.45) is 0 Å². The Labute approximate surface area is 160 Å². The van der Waals surface area contributed by atoms with Crippen LogP contribution in [0.2, 0.25) is 0 Å². The van der Waals surface area contributed by atoms with Crippen LogP contribution in [0.4, 0.5) is 17.5 Å².